The molecule has 180 valence electrons. The molecule has 0 radical (unpaired) electrons. The van der Waals surface area contributed by atoms with Gasteiger partial charge in [0.2, 0.25) is 5.91 Å². The molecule has 1 aliphatic heterocycles. The molecule has 0 atom stereocenters. The van der Waals surface area contributed by atoms with Gasteiger partial charge in [0.1, 0.15) is 12.1 Å². The van der Waals surface area contributed by atoms with Crippen molar-refractivity contribution in [1.82, 2.24) is 20.1 Å². The van der Waals surface area contributed by atoms with E-state index in [1.54, 1.807) is 34.2 Å². The average Bonchev–Trinajstić information content (AvgIpc) is 3.52. The van der Waals surface area contributed by atoms with Crippen LogP contribution >= 0.6 is 11.3 Å². The van der Waals surface area contributed by atoms with Crippen LogP contribution in [0.4, 0.5) is 4.79 Å². The van der Waals surface area contributed by atoms with Gasteiger partial charge in [-0.15, -0.1) is 11.3 Å². The summed E-state index contributed by atoms with van der Waals surface area (Å²) in [6, 6.07) is 19.7. The van der Waals surface area contributed by atoms with E-state index in [1.807, 2.05) is 60.0 Å². The summed E-state index contributed by atoms with van der Waals surface area (Å²) in [5.74, 6) is -1.58. The van der Waals surface area contributed by atoms with E-state index in [0.717, 1.165) is 26.2 Å². The second-order valence-electron chi connectivity index (χ2n) is 8.28. The number of hydrogen-bond acceptors (Lipinski definition) is 5. The summed E-state index contributed by atoms with van der Waals surface area (Å²) in [7, 11) is 0. The fourth-order valence-corrected chi connectivity index (χ4v) is 4.73. The lowest BCUT2D eigenvalue weighted by Crippen LogP contribution is -2.53. The number of barbiturate groups is 1. The van der Waals surface area contributed by atoms with Gasteiger partial charge in [-0.1, -0.05) is 54.6 Å². The normalized spacial score (nSPS) is 14.9. The second-order valence-corrected chi connectivity index (χ2v) is 9.31. The Morgan fingerprint density at radius 1 is 0.972 bits per heavy atom. The minimum Gasteiger partial charge on any atom is -0.350 e. The molecule has 5 rings (SSSR count). The van der Waals surface area contributed by atoms with Crippen molar-refractivity contribution in [3.8, 4) is 0 Å². The Kier molecular flexibility index (Phi) is 6.46. The molecule has 0 aliphatic carbocycles. The monoisotopic (exact) mass is 498 g/mol. The Hall–Kier alpha value is -4.50. The van der Waals surface area contributed by atoms with Crippen LogP contribution in [0, 0.1) is 0 Å². The van der Waals surface area contributed by atoms with Crippen molar-refractivity contribution in [2.45, 2.75) is 19.6 Å². The molecule has 0 spiro atoms. The molecular weight excluding hydrogens is 476 g/mol. The molecule has 3 heterocycles. The van der Waals surface area contributed by atoms with Crippen molar-refractivity contribution in [1.29, 1.82) is 0 Å². The van der Waals surface area contributed by atoms with Crippen molar-refractivity contribution in [2.75, 3.05) is 0 Å². The number of hydrogen-bond donors (Lipinski definition) is 2. The topological polar surface area (TPSA) is 101 Å². The largest absolute Gasteiger partial charge is 0.350 e. The van der Waals surface area contributed by atoms with E-state index in [-0.39, 0.29) is 24.6 Å². The van der Waals surface area contributed by atoms with Crippen LogP contribution in [0.25, 0.3) is 17.0 Å². The van der Waals surface area contributed by atoms with Crippen molar-refractivity contribution in [3.05, 3.63) is 99.9 Å². The predicted octanol–water partition coefficient (Wildman–Crippen LogP) is 3.68. The number of thiophene rings is 1. The van der Waals surface area contributed by atoms with Crippen LogP contribution in [0.3, 0.4) is 0 Å². The molecule has 0 unspecified atom stereocenters. The van der Waals surface area contributed by atoms with Gasteiger partial charge in [0.25, 0.3) is 11.8 Å². The van der Waals surface area contributed by atoms with E-state index < -0.39 is 17.8 Å². The Morgan fingerprint density at radius 2 is 1.75 bits per heavy atom. The molecule has 2 aromatic heterocycles. The van der Waals surface area contributed by atoms with Gasteiger partial charge in [-0.05, 0) is 29.2 Å². The Bertz CT molecular complexity index is 1490. The van der Waals surface area contributed by atoms with Crippen molar-refractivity contribution >= 4 is 52.1 Å². The molecule has 1 fully saturated rings. The summed E-state index contributed by atoms with van der Waals surface area (Å²) in [5, 5.41) is 7.90. The first-order valence-corrected chi connectivity index (χ1v) is 12.2. The molecule has 1 aliphatic rings. The zero-order valence-electron chi connectivity index (χ0n) is 19.1. The maximum atomic E-state index is 13.2. The number of nitrogens with zero attached hydrogens (tertiary/aromatic N) is 2. The lowest BCUT2D eigenvalue weighted by molar-refractivity contribution is -0.130. The third-order valence-electron chi connectivity index (χ3n) is 5.84. The zero-order valence-corrected chi connectivity index (χ0v) is 20.0. The predicted molar refractivity (Wildman–Crippen MR) is 137 cm³/mol. The molecule has 1 saturated heterocycles. The molecule has 8 nitrogen and oxygen atoms in total. The lowest BCUT2D eigenvalue weighted by atomic mass is 10.1. The van der Waals surface area contributed by atoms with Gasteiger partial charge in [0.15, 0.2) is 0 Å². The Balaban J connectivity index is 1.42. The molecule has 0 bridgehead atoms. The number of imide groups is 2. The second kappa shape index (κ2) is 10.0. The molecule has 9 heteroatoms. The fourth-order valence-electron chi connectivity index (χ4n) is 4.09. The van der Waals surface area contributed by atoms with E-state index in [2.05, 4.69) is 10.6 Å². The van der Waals surface area contributed by atoms with E-state index in [9.17, 15) is 19.2 Å². The van der Waals surface area contributed by atoms with Crippen LogP contribution in [-0.4, -0.2) is 33.2 Å². The molecule has 5 amide bonds. The summed E-state index contributed by atoms with van der Waals surface area (Å²) < 4.78 is 1.78. The van der Waals surface area contributed by atoms with Crippen LogP contribution in [0.15, 0.2) is 83.9 Å². The van der Waals surface area contributed by atoms with Crippen molar-refractivity contribution < 1.29 is 19.2 Å². The molecule has 4 aromatic rings. The first-order chi connectivity index (χ1) is 17.5. The van der Waals surface area contributed by atoms with Gasteiger partial charge >= 0.3 is 6.03 Å². The van der Waals surface area contributed by atoms with Gasteiger partial charge < -0.3 is 9.88 Å². The van der Waals surface area contributed by atoms with Crippen molar-refractivity contribution in [2.24, 2.45) is 0 Å². The van der Waals surface area contributed by atoms with Gasteiger partial charge in [-0.2, -0.15) is 0 Å². The zero-order chi connectivity index (χ0) is 25.1. The maximum Gasteiger partial charge on any atom is 0.331 e. The highest BCUT2D eigenvalue weighted by atomic mass is 32.1. The van der Waals surface area contributed by atoms with Gasteiger partial charge in [-0.3, -0.25) is 24.6 Å². The number of nitrogens with one attached hydrogen (secondary N) is 2. The number of para-hydroxylation sites is 1. The van der Waals surface area contributed by atoms with E-state index in [0.29, 0.717) is 12.1 Å². The number of fused-ring (bicyclic) bond motifs is 1. The van der Waals surface area contributed by atoms with E-state index >= 15 is 0 Å². The van der Waals surface area contributed by atoms with Gasteiger partial charge in [-0.25, -0.2) is 4.79 Å². The highest BCUT2D eigenvalue weighted by Gasteiger charge is 2.35. The first kappa shape index (κ1) is 23.3. The third-order valence-corrected chi connectivity index (χ3v) is 6.72. The third kappa shape index (κ3) is 4.82. The Morgan fingerprint density at radius 3 is 2.53 bits per heavy atom. The van der Waals surface area contributed by atoms with Gasteiger partial charge in [0, 0.05) is 27.5 Å². The van der Waals surface area contributed by atoms with Crippen LogP contribution in [0.5, 0.6) is 0 Å². The summed E-state index contributed by atoms with van der Waals surface area (Å²) in [4.78, 5) is 52.9. The number of carbonyl (C=O) groups is 4. The van der Waals surface area contributed by atoms with Crippen LogP contribution in [-0.2, 0) is 34.0 Å². The first-order valence-electron chi connectivity index (χ1n) is 11.3. The van der Waals surface area contributed by atoms with E-state index in [1.165, 1.54) is 6.08 Å². The van der Waals surface area contributed by atoms with Crippen LogP contribution in [0.2, 0.25) is 0 Å². The van der Waals surface area contributed by atoms with E-state index in [4.69, 9.17) is 0 Å². The maximum absolute atomic E-state index is 13.2. The minimum atomic E-state index is -0.754. The quantitative estimate of drug-likeness (QED) is 0.300. The molecule has 2 N–H and O–H groups in total. The Labute approximate surface area is 210 Å². The summed E-state index contributed by atoms with van der Waals surface area (Å²) >= 11 is 1.57. The number of carbonyl (C=O) groups excluding carboxylic acids is 4. The summed E-state index contributed by atoms with van der Waals surface area (Å²) in [5.41, 5.74) is 2.01. The van der Waals surface area contributed by atoms with Crippen LogP contribution < -0.4 is 10.6 Å². The number of aromatic nitrogens is 1. The number of benzene rings is 2. The number of amides is 5. The standard InChI is InChI=1S/C27H22N4O4S/c32-24(28-14-20-9-6-12-36-20)17-30-16-19(21-10-4-5-11-23(21)30)13-22-25(33)29-27(35)31(26(22)34)15-18-7-2-1-3-8-18/h1-13,16H,14-15,17H2,(H,28,32)(H,29,33,35)/b22-13-. The molecule has 0 saturated carbocycles. The summed E-state index contributed by atoms with van der Waals surface area (Å²) in [6.45, 7) is 0.572. The summed E-state index contributed by atoms with van der Waals surface area (Å²) in [6.07, 6.45) is 3.21. The number of urea groups is 1. The lowest BCUT2D eigenvalue weighted by Gasteiger charge is -2.26. The molecule has 36 heavy (non-hydrogen) atoms. The molecular formula is C27H22N4O4S. The van der Waals surface area contributed by atoms with Crippen LogP contribution in [0.1, 0.15) is 16.0 Å². The smallest absolute Gasteiger partial charge is 0.331 e. The minimum absolute atomic E-state index is 0.0439. The van der Waals surface area contributed by atoms with Gasteiger partial charge in [0.05, 0.1) is 13.1 Å². The number of rotatable bonds is 7. The van der Waals surface area contributed by atoms with Crippen molar-refractivity contribution in [3.63, 3.8) is 0 Å². The SMILES string of the molecule is O=C(Cn1cc(/C=C2/C(=O)NC(=O)N(Cc3ccccc3)C2=O)c2ccccc21)NCc1cccs1. The fraction of sp³-hybridized carbons (Fsp3) is 0.111. The average molecular weight is 499 g/mol. The molecule has 2 aromatic carbocycles. The highest BCUT2D eigenvalue weighted by Crippen LogP contribution is 2.25. The highest BCUT2D eigenvalue weighted by molar-refractivity contribution is 7.09.